The van der Waals surface area contributed by atoms with Crippen molar-refractivity contribution < 1.29 is 19.4 Å². The maximum Gasteiger partial charge on any atom is 0.308 e. The Hall–Kier alpha value is -1.36. The summed E-state index contributed by atoms with van der Waals surface area (Å²) in [4.78, 5) is 21.7. The van der Waals surface area contributed by atoms with Crippen LogP contribution in [0.4, 0.5) is 0 Å². The van der Waals surface area contributed by atoms with Crippen LogP contribution in [-0.2, 0) is 14.3 Å². The molecule has 0 aliphatic heterocycles. The Labute approximate surface area is 95.5 Å². The first-order chi connectivity index (χ1) is 7.57. The number of carbonyl (C=O) groups excluding carboxylic acids is 1. The normalized spacial score (nSPS) is 11.8. The van der Waals surface area contributed by atoms with E-state index in [-0.39, 0.29) is 12.5 Å². The van der Waals surface area contributed by atoms with E-state index in [1.165, 1.54) is 0 Å². The van der Waals surface area contributed by atoms with E-state index in [1.807, 2.05) is 0 Å². The molecule has 0 fully saturated rings. The summed E-state index contributed by atoms with van der Waals surface area (Å²) < 4.78 is 5.10. The molecule has 16 heavy (non-hydrogen) atoms. The predicted molar refractivity (Wildman–Crippen MR) is 60.1 cm³/mol. The van der Waals surface area contributed by atoms with Crippen LogP contribution < -0.4 is 5.32 Å². The van der Waals surface area contributed by atoms with Crippen LogP contribution in [0.5, 0.6) is 0 Å². The number of carboxylic acid groups (broad SMARTS) is 1. The second-order valence-corrected chi connectivity index (χ2v) is 3.51. The molecule has 0 saturated carbocycles. The first-order valence-electron chi connectivity index (χ1n) is 5.26. The first-order valence-corrected chi connectivity index (χ1v) is 5.26. The number of ether oxygens (including phenoxy) is 1. The van der Waals surface area contributed by atoms with Crippen LogP contribution in [0.25, 0.3) is 0 Å². The van der Waals surface area contributed by atoms with Crippen molar-refractivity contribution in [3.05, 3.63) is 12.7 Å². The fourth-order valence-corrected chi connectivity index (χ4v) is 0.944. The highest BCUT2D eigenvalue weighted by Gasteiger charge is 2.11. The molecule has 5 nitrogen and oxygen atoms in total. The van der Waals surface area contributed by atoms with Crippen LogP contribution in [0.3, 0.4) is 0 Å². The zero-order chi connectivity index (χ0) is 12.4. The Bertz CT molecular complexity index is 240. The van der Waals surface area contributed by atoms with Gasteiger partial charge in [-0.3, -0.25) is 9.59 Å². The number of hydrogen-bond donors (Lipinski definition) is 2. The van der Waals surface area contributed by atoms with Crippen LogP contribution in [0.1, 0.15) is 19.8 Å². The van der Waals surface area contributed by atoms with Gasteiger partial charge in [0, 0.05) is 19.6 Å². The molecule has 0 rings (SSSR count). The van der Waals surface area contributed by atoms with Crippen molar-refractivity contribution in [1.29, 1.82) is 0 Å². The third-order valence-electron chi connectivity index (χ3n) is 1.96. The van der Waals surface area contributed by atoms with Gasteiger partial charge in [0.1, 0.15) is 0 Å². The highest BCUT2D eigenvalue weighted by Crippen LogP contribution is 1.94. The minimum atomic E-state index is -0.908. The summed E-state index contributed by atoms with van der Waals surface area (Å²) in [5.74, 6) is -1.61. The van der Waals surface area contributed by atoms with E-state index in [1.54, 1.807) is 13.0 Å². The van der Waals surface area contributed by atoms with Crippen LogP contribution in [0, 0.1) is 5.92 Å². The molecular weight excluding hydrogens is 210 g/mol. The topological polar surface area (TPSA) is 75.6 Å². The van der Waals surface area contributed by atoms with Crippen molar-refractivity contribution in [3.8, 4) is 0 Å². The molecule has 0 heterocycles. The van der Waals surface area contributed by atoms with E-state index in [2.05, 4.69) is 11.9 Å². The molecule has 2 N–H and O–H groups in total. The zero-order valence-corrected chi connectivity index (χ0v) is 9.57. The number of nitrogens with one attached hydrogen (secondary N) is 1. The molecule has 0 aromatic carbocycles. The molecular formula is C11H19NO4. The van der Waals surface area contributed by atoms with E-state index >= 15 is 0 Å². The number of rotatable bonds is 9. The zero-order valence-electron chi connectivity index (χ0n) is 9.57. The van der Waals surface area contributed by atoms with Crippen LogP contribution in [0.15, 0.2) is 12.7 Å². The lowest BCUT2D eigenvalue weighted by Gasteiger charge is -2.08. The monoisotopic (exact) mass is 229 g/mol. The summed E-state index contributed by atoms with van der Waals surface area (Å²) in [6.07, 6.45) is 2.62. The molecule has 0 aliphatic rings. The molecule has 92 valence electrons. The minimum absolute atomic E-state index is 0.143. The molecule has 0 aromatic heterocycles. The van der Waals surface area contributed by atoms with Gasteiger partial charge in [-0.15, -0.1) is 6.58 Å². The van der Waals surface area contributed by atoms with E-state index < -0.39 is 11.9 Å². The summed E-state index contributed by atoms with van der Waals surface area (Å²) in [6.45, 7) is 6.21. The third-order valence-corrected chi connectivity index (χ3v) is 1.96. The molecule has 0 spiro atoms. The molecule has 0 bridgehead atoms. The maximum absolute atomic E-state index is 11.2. The number of carbonyl (C=O) groups is 2. The van der Waals surface area contributed by atoms with Gasteiger partial charge in [0.05, 0.1) is 12.5 Å². The van der Waals surface area contributed by atoms with Gasteiger partial charge in [-0.05, 0) is 6.42 Å². The Morgan fingerprint density at radius 3 is 2.81 bits per heavy atom. The summed E-state index contributed by atoms with van der Waals surface area (Å²) >= 11 is 0. The number of aliphatic carboxylic acids is 1. The van der Waals surface area contributed by atoms with Crippen molar-refractivity contribution in [1.82, 2.24) is 5.32 Å². The molecule has 0 radical (unpaired) electrons. The molecule has 1 atom stereocenters. The average Bonchev–Trinajstić information content (AvgIpc) is 2.25. The first kappa shape index (κ1) is 14.6. The van der Waals surface area contributed by atoms with E-state index in [9.17, 15) is 9.59 Å². The molecule has 0 saturated heterocycles. The Morgan fingerprint density at radius 1 is 1.56 bits per heavy atom. The number of carboxylic acids is 1. The lowest BCUT2D eigenvalue weighted by atomic mass is 10.2. The van der Waals surface area contributed by atoms with E-state index in [0.29, 0.717) is 26.1 Å². The van der Waals surface area contributed by atoms with Gasteiger partial charge >= 0.3 is 5.97 Å². The van der Waals surface area contributed by atoms with Gasteiger partial charge in [0.25, 0.3) is 0 Å². The van der Waals surface area contributed by atoms with E-state index in [4.69, 9.17) is 9.84 Å². The highest BCUT2D eigenvalue weighted by molar-refractivity contribution is 5.77. The largest absolute Gasteiger partial charge is 0.481 e. The van der Waals surface area contributed by atoms with Crippen molar-refractivity contribution >= 4 is 11.9 Å². The Morgan fingerprint density at radius 2 is 2.25 bits per heavy atom. The second kappa shape index (κ2) is 8.91. The lowest BCUT2D eigenvalue weighted by Crippen LogP contribution is -2.31. The highest BCUT2D eigenvalue weighted by atomic mass is 16.5. The van der Waals surface area contributed by atoms with Crippen LogP contribution >= 0.6 is 0 Å². The van der Waals surface area contributed by atoms with Crippen molar-refractivity contribution in [2.75, 3.05) is 19.8 Å². The van der Waals surface area contributed by atoms with E-state index in [0.717, 1.165) is 0 Å². The van der Waals surface area contributed by atoms with Gasteiger partial charge in [-0.2, -0.15) is 0 Å². The fraction of sp³-hybridized carbons (Fsp3) is 0.636. The summed E-state index contributed by atoms with van der Waals surface area (Å²) in [7, 11) is 0. The van der Waals surface area contributed by atoms with Crippen LogP contribution in [0.2, 0.25) is 0 Å². The van der Waals surface area contributed by atoms with Gasteiger partial charge in [0.2, 0.25) is 5.91 Å². The predicted octanol–water partition coefficient (Wildman–Crippen LogP) is 0.806. The fourth-order valence-electron chi connectivity index (χ4n) is 0.944. The van der Waals surface area contributed by atoms with Crippen molar-refractivity contribution in [3.63, 3.8) is 0 Å². The second-order valence-electron chi connectivity index (χ2n) is 3.51. The summed E-state index contributed by atoms with van der Waals surface area (Å²) in [5, 5.41) is 11.1. The van der Waals surface area contributed by atoms with Gasteiger partial charge in [-0.25, -0.2) is 0 Å². The molecule has 1 unspecified atom stereocenters. The summed E-state index contributed by atoms with van der Waals surface area (Å²) in [6, 6.07) is 0. The molecule has 5 heteroatoms. The quantitative estimate of drug-likeness (QED) is 0.453. The number of amides is 1. The van der Waals surface area contributed by atoms with Crippen LogP contribution in [-0.4, -0.2) is 36.7 Å². The smallest absolute Gasteiger partial charge is 0.308 e. The Kier molecular flexibility index (Phi) is 8.15. The molecule has 0 aliphatic carbocycles. The number of hydrogen-bond acceptors (Lipinski definition) is 3. The maximum atomic E-state index is 11.2. The van der Waals surface area contributed by atoms with Crippen molar-refractivity contribution in [2.45, 2.75) is 19.8 Å². The third kappa shape index (κ3) is 7.99. The van der Waals surface area contributed by atoms with Crippen molar-refractivity contribution in [2.24, 2.45) is 5.92 Å². The Balaban J connectivity index is 3.44. The van der Waals surface area contributed by atoms with Gasteiger partial charge in [-0.1, -0.05) is 13.0 Å². The standard InChI is InChI=1S/C11H19NO4/c1-3-6-16-7-4-5-10(13)12-8-9(2)11(14)15/h3,9H,1,4-8H2,2H3,(H,12,13)(H,14,15). The minimum Gasteiger partial charge on any atom is -0.481 e. The van der Waals surface area contributed by atoms with Gasteiger partial charge < -0.3 is 15.2 Å². The average molecular weight is 229 g/mol. The molecule has 0 aromatic rings. The lowest BCUT2D eigenvalue weighted by molar-refractivity contribution is -0.141. The summed E-state index contributed by atoms with van der Waals surface area (Å²) in [5.41, 5.74) is 0. The van der Waals surface area contributed by atoms with Gasteiger partial charge in [0.15, 0.2) is 0 Å². The SMILES string of the molecule is C=CCOCCCC(=O)NCC(C)C(=O)O. The molecule has 1 amide bonds.